The number of hydrazine groups is 4. The van der Waals surface area contributed by atoms with E-state index in [4.69, 9.17) is 9.15 Å². The van der Waals surface area contributed by atoms with Crippen LogP contribution in [0.15, 0.2) is 53.1 Å². The molecule has 1 fully saturated rings. The monoisotopic (exact) mass is 403 g/mol. The number of nitrogens with zero attached hydrogens (tertiary/aromatic N) is 3. The van der Waals surface area contributed by atoms with Gasteiger partial charge < -0.3 is 9.15 Å². The summed E-state index contributed by atoms with van der Waals surface area (Å²) < 4.78 is 10.7. The van der Waals surface area contributed by atoms with Crippen LogP contribution in [0.5, 0.6) is 0 Å². The van der Waals surface area contributed by atoms with E-state index in [1.165, 1.54) is 5.23 Å². The van der Waals surface area contributed by atoms with E-state index < -0.39 is 5.03 Å². The fourth-order valence-electron chi connectivity index (χ4n) is 3.44. The molecule has 10 heteroatoms. The molecule has 0 amide bonds. The van der Waals surface area contributed by atoms with Gasteiger partial charge in [0.1, 0.15) is 5.76 Å². The summed E-state index contributed by atoms with van der Waals surface area (Å²) in [6, 6.07) is 13.3. The van der Waals surface area contributed by atoms with Crippen molar-refractivity contribution in [2.24, 2.45) is 11.8 Å². The highest BCUT2D eigenvalue weighted by atomic mass is 16.7. The van der Waals surface area contributed by atoms with Crippen LogP contribution in [0.2, 0.25) is 0 Å². The number of rotatable bonds is 9. The maximum Gasteiger partial charge on any atom is 0.309 e. The van der Waals surface area contributed by atoms with E-state index in [9.17, 15) is 14.9 Å². The maximum absolute atomic E-state index is 12.7. The summed E-state index contributed by atoms with van der Waals surface area (Å²) in [5.41, 5.74) is 6.14. The van der Waals surface area contributed by atoms with Crippen molar-refractivity contribution in [2.45, 2.75) is 19.9 Å². The summed E-state index contributed by atoms with van der Waals surface area (Å²) >= 11 is 0. The molecule has 0 radical (unpaired) electrons. The number of carbonyl (C=O) groups excluding carboxylic acids is 1. The number of esters is 1. The molecule has 29 heavy (non-hydrogen) atoms. The zero-order chi connectivity index (χ0) is 20.6. The number of carbonyl (C=O) groups is 1. The van der Waals surface area contributed by atoms with Crippen LogP contribution in [-0.2, 0) is 22.5 Å². The third kappa shape index (κ3) is 5.76. The molecule has 0 aliphatic carbocycles. The number of benzene rings is 1. The Morgan fingerprint density at radius 3 is 2.83 bits per heavy atom. The molecule has 0 bridgehead atoms. The largest absolute Gasteiger partial charge is 0.468 e. The molecule has 1 aromatic heterocycles. The summed E-state index contributed by atoms with van der Waals surface area (Å²) in [4.78, 5) is 23.7. The Balaban J connectivity index is 1.77. The topological polar surface area (TPSA) is 113 Å². The highest BCUT2D eigenvalue weighted by Gasteiger charge is 2.37. The van der Waals surface area contributed by atoms with Gasteiger partial charge in [0.25, 0.3) is 0 Å². The van der Waals surface area contributed by atoms with Gasteiger partial charge >= 0.3 is 5.97 Å². The van der Waals surface area contributed by atoms with Gasteiger partial charge in [-0.25, -0.2) is 15.5 Å². The van der Waals surface area contributed by atoms with Crippen LogP contribution in [0.4, 0.5) is 0 Å². The number of nitro groups is 1. The van der Waals surface area contributed by atoms with Gasteiger partial charge in [0.2, 0.25) is 0 Å². The Bertz CT molecular complexity index is 786. The van der Waals surface area contributed by atoms with E-state index in [2.05, 4.69) is 11.0 Å². The molecule has 1 aliphatic heterocycles. The van der Waals surface area contributed by atoms with Gasteiger partial charge in [0, 0.05) is 19.0 Å². The lowest BCUT2D eigenvalue weighted by Gasteiger charge is -2.41. The van der Waals surface area contributed by atoms with Crippen molar-refractivity contribution in [3.8, 4) is 0 Å². The zero-order valence-electron chi connectivity index (χ0n) is 16.2. The number of furan rings is 1. The van der Waals surface area contributed by atoms with Crippen molar-refractivity contribution in [3.63, 3.8) is 0 Å². The van der Waals surface area contributed by atoms with Gasteiger partial charge in [0.15, 0.2) is 5.03 Å². The van der Waals surface area contributed by atoms with E-state index in [0.29, 0.717) is 38.4 Å². The Labute approximate surface area is 168 Å². The van der Waals surface area contributed by atoms with E-state index in [0.717, 1.165) is 5.56 Å². The zero-order valence-corrected chi connectivity index (χ0v) is 16.2. The Morgan fingerprint density at radius 1 is 1.38 bits per heavy atom. The summed E-state index contributed by atoms with van der Waals surface area (Å²) in [5, 5.41) is 13.2. The second kappa shape index (κ2) is 10.0. The summed E-state index contributed by atoms with van der Waals surface area (Å²) in [5.74, 6) is -0.120. The normalized spacial score (nSPS) is 18.9. The molecule has 156 valence electrons. The Kier molecular flexibility index (Phi) is 7.17. The van der Waals surface area contributed by atoms with Crippen LogP contribution in [0.25, 0.3) is 0 Å². The highest BCUT2D eigenvalue weighted by Crippen LogP contribution is 2.24. The lowest BCUT2D eigenvalue weighted by atomic mass is 9.86. The molecule has 2 atom stereocenters. The van der Waals surface area contributed by atoms with E-state index in [1.54, 1.807) is 30.3 Å². The molecule has 10 nitrogen and oxygen atoms in total. The van der Waals surface area contributed by atoms with Crippen molar-refractivity contribution >= 4 is 5.97 Å². The van der Waals surface area contributed by atoms with E-state index >= 15 is 0 Å². The van der Waals surface area contributed by atoms with Crippen LogP contribution in [0.1, 0.15) is 18.2 Å². The van der Waals surface area contributed by atoms with Gasteiger partial charge in [-0.3, -0.25) is 4.79 Å². The standard InChI is InChI=1S/C19H25N5O5/c1-2-28-19(25)18(11-15-7-4-3-5-8-15)16-12-20-23(21-24(26)27)22(13-16)14-17-9-6-10-29-17/h3-10,16,18,20-21H,2,11-14H2,1H3. The van der Waals surface area contributed by atoms with Crippen molar-refractivity contribution in [2.75, 3.05) is 19.7 Å². The second-order valence-electron chi connectivity index (χ2n) is 6.77. The molecule has 0 saturated carbocycles. The third-order valence-electron chi connectivity index (χ3n) is 4.78. The van der Waals surface area contributed by atoms with E-state index in [1.807, 2.05) is 30.3 Å². The first-order valence-corrected chi connectivity index (χ1v) is 9.49. The lowest BCUT2D eigenvalue weighted by molar-refractivity contribution is -0.599. The van der Waals surface area contributed by atoms with Crippen LogP contribution in [0, 0.1) is 22.0 Å². The van der Waals surface area contributed by atoms with Gasteiger partial charge in [-0.1, -0.05) is 30.3 Å². The minimum absolute atomic E-state index is 0.117. The second-order valence-corrected chi connectivity index (χ2v) is 6.77. The molecule has 3 rings (SSSR count). The number of hydrogen-bond acceptors (Lipinski definition) is 8. The molecule has 1 aromatic carbocycles. The fraction of sp³-hybridized carbons (Fsp3) is 0.421. The van der Waals surface area contributed by atoms with Crippen LogP contribution in [0.3, 0.4) is 0 Å². The molecule has 1 saturated heterocycles. The summed E-state index contributed by atoms with van der Waals surface area (Å²) in [7, 11) is 0. The first kappa shape index (κ1) is 20.8. The van der Waals surface area contributed by atoms with Crippen molar-refractivity contribution in [1.29, 1.82) is 0 Å². The van der Waals surface area contributed by atoms with Gasteiger partial charge in [-0.2, -0.15) is 5.01 Å². The minimum atomic E-state index is -0.644. The van der Waals surface area contributed by atoms with Crippen LogP contribution < -0.4 is 11.0 Å². The number of nitrogens with one attached hydrogen (secondary N) is 2. The van der Waals surface area contributed by atoms with Crippen molar-refractivity contribution < 1.29 is 19.0 Å². The highest BCUT2D eigenvalue weighted by molar-refractivity contribution is 5.73. The first-order valence-electron chi connectivity index (χ1n) is 9.49. The molecular formula is C19H25N5O5. The molecule has 1 aliphatic rings. The van der Waals surface area contributed by atoms with Gasteiger partial charge in [-0.05, 0) is 41.8 Å². The van der Waals surface area contributed by atoms with Crippen molar-refractivity contribution in [3.05, 3.63) is 70.2 Å². The Hall–Kier alpha value is -2.95. The number of ether oxygens (including phenoxy) is 1. The Morgan fingerprint density at radius 2 is 2.17 bits per heavy atom. The molecular weight excluding hydrogens is 378 g/mol. The lowest BCUT2D eigenvalue weighted by Crippen LogP contribution is -2.66. The molecule has 2 N–H and O–H groups in total. The number of hydrogen-bond donors (Lipinski definition) is 2. The predicted octanol–water partition coefficient (Wildman–Crippen LogP) is 1.55. The smallest absolute Gasteiger partial charge is 0.309 e. The quantitative estimate of drug-likeness (QED) is 0.366. The average Bonchev–Trinajstić information content (AvgIpc) is 3.21. The average molecular weight is 403 g/mol. The molecule has 0 spiro atoms. The van der Waals surface area contributed by atoms with Crippen LogP contribution in [-0.4, -0.2) is 40.9 Å². The van der Waals surface area contributed by atoms with Gasteiger partial charge in [-0.15, -0.1) is 0 Å². The fourth-order valence-corrected chi connectivity index (χ4v) is 3.44. The van der Waals surface area contributed by atoms with Crippen LogP contribution >= 0.6 is 0 Å². The van der Waals surface area contributed by atoms with E-state index in [-0.39, 0.29) is 17.8 Å². The SMILES string of the molecule is CCOC(=O)C(Cc1ccccc1)C1CNN(N[N+](=O)[O-])N(Cc2ccco2)C1. The van der Waals surface area contributed by atoms with Crippen molar-refractivity contribution in [1.82, 2.24) is 21.2 Å². The van der Waals surface area contributed by atoms with Gasteiger partial charge in [0.05, 0.1) is 25.3 Å². The summed E-state index contributed by atoms with van der Waals surface area (Å²) in [6.07, 6.45) is 2.08. The molecule has 2 unspecified atom stereocenters. The molecule has 2 aromatic rings. The first-order chi connectivity index (χ1) is 14.1. The third-order valence-corrected chi connectivity index (χ3v) is 4.78. The molecule has 2 heterocycles. The predicted molar refractivity (Wildman–Crippen MR) is 103 cm³/mol. The minimum Gasteiger partial charge on any atom is -0.468 e. The maximum atomic E-state index is 12.7. The summed E-state index contributed by atoms with van der Waals surface area (Å²) in [6.45, 7) is 3.17.